The van der Waals surface area contributed by atoms with Crippen molar-refractivity contribution in [3.8, 4) is 5.75 Å². The standard InChI is InChI=1S/C10H12N2O4/c13-12(14)9-7-11-4-1-10(9)16-8-2-5-15-6-3-8/h1,4,7-8H,2-3,5-6H2. The van der Waals surface area contributed by atoms with E-state index in [0.717, 1.165) is 12.8 Å². The van der Waals surface area contributed by atoms with Crippen LogP contribution in [0.1, 0.15) is 12.8 Å². The van der Waals surface area contributed by atoms with Crippen LogP contribution in [0.2, 0.25) is 0 Å². The molecule has 2 heterocycles. The first-order valence-corrected chi connectivity index (χ1v) is 5.10. The highest BCUT2D eigenvalue weighted by atomic mass is 16.6. The summed E-state index contributed by atoms with van der Waals surface area (Å²) >= 11 is 0. The van der Waals surface area contributed by atoms with Crippen molar-refractivity contribution < 1.29 is 14.4 Å². The highest BCUT2D eigenvalue weighted by Crippen LogP contribution is 2.27. The smallest absolute Gasteiger partial charge is 0.329 e. The van der Waals surface area contributed by atoms with Crippen LogP contribution in [0.3, 0.4) is 0 Å². The van der Waals surface area contributed by atoms with Crippen LogP contribution in [0.25, 0.3) is 0 Å². The molecule has 0 aliphatic carbocycles. The van der Waals surface area contributed by atoms with Gasteiger partial charge >= 0.3 is 5.69 Å². The molecule has 1 aliphatic rings. The van der Waals surface area contributed by atoms with Gasteiger partial charge in [-0.1, -0.05) is 0 Å². The van der Waals surface area contributed by atoms with Crippen molar-refractivity contribution in [2.45, 2.75) is 18.9 Å². The summed E-state index contributed by atoms with van der Waals surface area (Å²) < 4.78 is 10.8. The first-order valence-electron chi connectivity index (χ1n) is 5.10. The van der Waals surface area contributed by atoms with E-state index in [2.05, 4.69) is 4.98 Å². The number of rotatable bonds is 3. The molecule has 0 aromatic carbocycles. The second kappa shape index (κ2) is 4.89. The minimum atomic E-state index is -0.484. The third kappa shape index (κ3) is 2.46. The number of hydrogen-bond acceptors (Lipinski definition) is 5. The molecule has 0 amide bonds. The Kier molecular flexibility index (Phi) is 3.31. The van der Waals surface area contributed by atoms with Crippen LogP contribution >= 0.6 is 0 Å². The van der Waals surface area contributed by atoms with E-state index in [-0.39, 0.29) is 17.5 Å². The van der Waals surface area contributed by atoms with Gasteiger partial charge in [-0.05, 0) is 0 Å². The predicted octanol–water partition coefficient (Wildman–Crippen LogP) is 1.55. The summed E-state index contributed by atoms with van der Waals surface area (Å²) in [6, 6.07) is 1.52. The maximum absolute atomic E-state index is 10.7. The molecule has 0 radical (unpaired) electrons. The number of nitro groups is 1. The van der Waals surface area contributed by atoms with Crippen molar-refractivity contribution in [2.24, 2.45) is 0 Å². The van der Waals surface area contributed by atoms with E-state index in [1.807, 2.05) is 0 Å². The average Bonchev–Trinajstić information content (AvgIpc) is 2.31. The van der Waals surface area contributed by atoms with Crippen molar-refractivity contribution in [1.82, 2.24) is 4.98 Å². The molecule has 86 valence electrons. The minimum absolute atomic E-state index is 0.00477. The van der Waals surface area contributed by atoms with Crippen LogP contribution in [0.4, 0.5) is 5.69 Å². The molecule has 1 fully saturated rings. The quantitative estimate of drug-likeness (QED) is 0.575. The van der Waals surface area contributed by atoms with Crippen molar-refractivity contribution in [3.05, 3.63) is 28.6 Å². The van der Waals surface area contributed by atoms with Gasteiger partial charge in [-0.15, -0.1) is 0 Å². The molecular formula is C10H12N2O4. The zero-order chi connectivity index (χ0) is 11.4. The van der Waals surface area contributed by atoms with Gasteiger partial charge in [0, 0.05) is 25.1 Å². The molecule has 1 aliphatic heterocycles. The lowest BCUT2D eigenvalue weighted by molar-refractivity contribution is -0.386. The van der Waals surface area contributed by atoms with Crippen LogP contribution in [-0.4, -0.2) is 29.2 Å². The topological polar surface area (TPSA) is 74.5 Å². The molecule has 2 rings (SSSR count). The highest BCUT2D eigenvalue weighted by molar-refractivity contribution is 5.43. The Hall–Kier alpha value is -1.69. The van der Waals surface area contributed by atoms with E-state index in [4.69, 9.17) is 9.47 Å². The van der Waals surface area contributed by atoms with Gasteiger partial charge < -0.3 is 9.47 Å². The first kappa shape index (κ1) is 10.8. The summed E-state index contributed by atoms with van der Waals surface area (Å²) in [5.41, 5.74) is -0.0889. The number of pyridine rings is 1. The van der Waals surface area contributed by atoms with Gasteiger partial charge in [0.15, 0.2) is 0 Å². The van der Waals surface area contributed by atoms with Gasteiger partial charge in [0.2, 0.25) is 5.75 Å². The molecule has 0 bridgehead atoms. The number of aromatic nitrogens is 1. The molecule has 6 nitrogen and oxygen atoms in total. The molecule has 0 unspecified atom stereocenters. The lowest BCUT2D eigenvalue weighted by atomic mass is 10.1. The van der Waals surface area contributed by atoms with Crippen LogP contribution in [0, 0.1) is 10.1 Å². The lowest BCUT2D eigenvalue weighted by Gasteiger charge is -2.22. The Labute approximate surface area is 92.3 Å². The second-order valence-corrected chi connectivity index (χ2v) is 3.53. The summed E-state index contributed by atoms with van der Waals surface area (Å²) in [5.74, 6) is 0.284. The third-order valence-corrected chi connectivity index (χ3v) is 2.42. The average molecular weight is 224 g/mol. The van der Waals surface area contributed by atoms with Crippen molar-refractivity contribution in [3.63, 3.8) is 0 Å². The largest absolute Gasteiger partial charge is 0.483 e. The van der Waals surface area contributed by atoms with E-state index in [1.54, 1.807) is 0 Å². The fraction of sp³-hybridized carbons (Fsp3) is 0.500. The van der Waals surface area contributed by atoms with E-state index in [0.29, 0.717) is 13.2 Å². The summed E-state index contributed by atoms with van der Waals surface area (Å²) in [6.07, 6.45) is 4.21. The van der Waals surface area contributed by atoms with Gasteiger partial charge in [0.1, 0.15) is 12.3 Å². The first-order chi connectivity index (χ1) is 7.77. The molecular weight excluding hydrogens is 212 g/mol. The van der Waals surface area contributed by atoms with Gasteiger partial charge in [-0.2, -0.15) is 0 Å². The Morgan fingerprint density at radius 1 is 1.50 bits per heavy atom. The molecule has 1 aromatic heterocycles. The number of hydrogen-bond donors (Lipinski definition) is 0. The van der Waals surface area contributed by atoms with E-state index in [9.17, 15) is 10.1 Å². The summed E-state index contributed by atoms with van der Waals surface area (Å²) in [5, 5.41) is 10.7. The van der Waals surface area contributed by atoms with Gasteiger partial charge in [-0.3, -0.25) is 15.1 Å². The molecule has 0 saturated carbocycles. The van der Waals surface area contributed by atoms with E-state index < -0.39 is 4.92 Å². The SMILES string of the molecule is O=[N+]([O-])c1cnccc1OC1CCOCC1. The van der Waals surface area contributed by atoms with Crippen molar-refractivity contribution in [2.75, 3.05) is 13.2 Å². The third-order valence-electron chi connectivity index (χ3n) is 2.42. The van der Waals surface area contributed by atoms with Crippen LogP contribution < -0.4 is 4.74 Å². The zero-order valence-electron chi connectivity index (χ0n) is 8.67. The number of ether oxygens (including phenoxy) is 2. The van der Waals surface area contributed by atoms with E-state index >= 15 is 0 Å². The molecule has 0 N–H and O–H groups in total. The normalized spacial score (nSPS) is 17.0. The molecule has 1 aromatic rings. The fourth-order valence-electron chi connectivity index (χ4n) is 1.58. The zero-order valence-corrected chi connectivity index (χ0v) is 8.67. The molecule has 0 atom stereocenters. The van der Waals surface area contributed by atoms with Crippen LogP contribution in [0.15, 0.2) is 18.5 Å². The Bertz CT molecular complexity index is 377. The molecule has 6 heteroatoms. The lowest BCUT2D eigenvalue weighted by Crippen LogP contribution is -2.26. The summed E-state index contributed by atoms with van der Waals surface area (Å²) in [6.45, 7) is 1.28. The summed E-state index contributed by atoms with van der Waals surface area (Å²) in [4.78, 5) is 14.0. The monoisotopic (exact) mass is 224 g/mol. The Morgan fingerprint density at radius 3 is 2.94 bits per heavy atom. The Morgan fingerprint density at radius 2 is 2.25 bits per heavy atom. The van der Waals surface area contributed by atoms with Crippen molar-refractivity contribution >= 4 is 5.69 Å². The molecule has 16 heavy (non-hydrogen) atoms. The van der Waals surface area contributed by atoms with E-state index in [1.165, 1.54) is 18.5 Å². The van der Waals surface area contributed by atoms with Crippen LogP contribution in [0.5, 0.6) is 5.75 Å². The Balaban J connectivity index is 2.10. The summed E-state index contributed by atoms with van der Waals surface area (Å²) in [7, 11) is 0. The fourth-order valence-corrected chi connectivity index (χ4v) is 1.58. The number of nitrogens with zero attached hydrogens (tertiary/aromatic N) is 2. The van der Waals surface area contributed by atoms with Gasteiger partial charge in [0.25, 0.3) is 0 Å². The molecule has 1 saturated heterocycles. The predicted molar refractivity (Wildman–Crippen MR) is 55.4 cm³/mol. The molecule has 0 spiro atoms. The highest BCUT2D eigenvalue weighted by Gasteiger charge is 2.20. The van der Waals surface area contributed by atoms with Crippen LogP contribution in [-0.2, 0) is 4.74 Å². The van der Waals surface area contributed by atoms with Crippen molar-refractivity contribution in [1.29, 1.82) is 0 Å². The van der Waals surface area contributed by atoms with Gasteiger partial charge in [-0.25, -0.2) is 0 Å². The second-order valence-electron chi connectivity index (χ2n) is 3.53. The maximum Gasteiger partial charge on any atom is 0.329 e. The minimum Gasteiger partial charge on any atom is -0.483 e. The van der Waals surface area contributed by atoms with Gasteiger partial charge in [0.05, 0.1) is 18.1 Å². The maximum atomic E-state index is 10.7.